The molecule has 1 atom stereocenters. The maximum absolute atomic E-state index is 11.1. The molecule has 1 aliphatic heterocycles. The molecule has 0 N–H and O–H groups in total. The Kier molecular flexibility index (Phi) is 1.66. The van der Waals surface area contributed by atoms with Gasteiger partial charge in [0.05, 0.1) is 0 Å². The van der Waals surface area contributed by atoms with Crippen molar-refractivity contribution >= 4 is 17.5 Å². The number of azo groups is 1. The van der Waals surface area contributed by atoms with Crippen molar-refractivity contribution in [1.29, 1.82) is 0 Å². The molecule has 0 saturated heterocycles. The third-order valence-corrected chi connectivity index (χ3v) is 2.02. The van der Waals surface area contributed by atoms with Crippen LogP contribution in [-0.4, -0.2) is 5.91 Å². The summed E-state index contributed by atoms with van der Waals surface area (Å²) >= 11 is 5.80. The number of rotatable bonds is 0. The van der Waals surface area contributed by atoms with E-state index in [9.17, 15) is 4.79 Å². The molecule has 0 bridgehead atoms. The molecular weight excluding hydrogens is 176 g/mol. The van der Waals surface area contributed by atoms with Gasteiger partial charge in [-0.15, -0.1) is 5.11 Å². The Morgan fingerprint density at radius 1 is 1.33 bits per heavy atom. The molecule has 1 unspecified atom stereocenters. The molecular formula is C8H5ClN2O. The van der Waals surface area contributed by atoms with Crippen LogP contribution in [0.4, 0.5) is 0 Å². The maximum Gasteiger partial charge on any atom is 0.295 e. The molecule has 1 aromatic rings. The zero-order valence-electron chi connectivity index (χ0n) is 6.07. The van der Waals surface area contributed by atoms with E-state index in [1.54, 1.807) is 18.2 Å². The van der Waals surface area contributed by atoms with Crippen LogP contribution in [0.3, 0.4) is 0 Å². The van der Waals surface area contributed by atoms with E-state index in [4.69, 9.17) is 11.6 Å². The van der Waals surface area contributed by atoms with E-state index in [-0.39, 0.29) is 5.91 Å². The van der Waals surface area contributed by atoms with Gasteiger partial charge >= 0.3 is 0 Å². The van der Waals surface area contributed by atoms with E-state index in [2.05, 4.69) is 10.2 Å². The van der Waals surface area contributed by atoms with E-state index in [1.165, 1.54) is 0 Å². The van der Waals surface area contributed by atoms with Crippen molar-refractivity contribution in [2.45, 2.75) is 5.50 Å². The van der Waals surface area contributed by atoms with E-state index < -0.39 is 5.50 Å². The predicted octanol–water partition coefficient (Wildman–Crippen LogP) is 2.53. The standard InChI is InChI=1S/C8H5ClN2O/c9-7-5-3-1-2-4-6(5)8(12)11-10-7/h1-4,7H. The molecule has 0 aromatic heterocycles. The molecule has 0 saturated carbocycles. The summed E-state index contributed by atoms with van der Waals surface area (Å²) in [5.41, 5.74) is 0.769. The van der Waals surface area contributed by atoms with Crippen LogP contribution in [0.15, 0.2) is 34.5 Å². The fourth-order valence-corrected chi connectivity index (χ4v) is 1.35. The molecule has 1 heterocycles. The Morgan fingerprint density at radius 3 is 2.83 bits per heavy atom. The molecule has 1 amide bonds. The normalized spacial score (nSPS) is 20.8. The maximum atomic E-state index is 11.1. The highest BCUT2D eigenvalue weighted by Crippen LogP contribution is 2.29. The summed E-state index contributed by atoms with van der Waals surface area (Å²) in [7, 11) is 0. The first-order valence-corrected chi connectivity index (χ1v) is 3.91. The van der Waals surface area contributed by atoms with Crippen LogP contribution in [0.25, 0.3) is 0 Å². The molecule has 0 fully saturated rings. The Morgan fingerprint density at radius 2 is 2.08 bits per heavy atom. The quantitative estimate of drug-likeness (QED) is 0.447. The Balaban J connectivity index is 2.61. The van der Waals surface area contributed by atoms with Crippen molar-refractivity contribution in [3.05, 3.63) is 35.4 Å². The van der Waals surface area contributed by atoms with Crippen molar-refractivity contribution in [2.75, 3.05) is 0 Å². The molecule has 0 radical (unpaired) electrons. The minimum Gasteiger partial charge on any atom is -0.265 e. The predicted molar refractivity (Wildman–Crippen MR) is 44.2 cm³/mol. The summed E-state index contributed by atoms with van der Waals surface area (Å²) in [6.45, 7) is 0. The van der Waals surface area contributed by atoms with Crippen LogP contribution in [0, 0.1) is 0 Å². The van der Waals surface area contributed by atoms with Gasteiger partial charge in [0, 0.05) is 11.1 Å². The van der Waals surface area contributed by atoms with Gasteiger partial charge in [-0.1, -0.05) is 29.8 Å². The Bertz CT molecular complexity index is 362. The minimum atomic E-state index is -0.515. The van der Waals surface area contributed by atoms with Crippen molar-refractivity contribution < 1.29 is 4.79 Å². The average Bonchev–Trinajstić information content (AvgIpc) is 2.12. The van der Waals surface area contributed by atoms with Crippen LogP contribution < -0.4 is 0 Å². The highest BCUT2D eigenvalue weighted by molar-refractivity contribution is 6.21. The summed E-state index contributed by atoms with van der Waals surface area (Å²) in [4.78, 5) is 11.1. The number of hydrogen-bond donors (Lipinski definition) is 0. The number of amides is 1. The number of hydrogen-bond acceptors (Lipinski definition) is 2. The second kappa shape index (κ2) is 2.68. The minimum absolute atomic E-state index is 0.317. The molecule has 3 nitrogen and oxygen atoms in total. The lowest BCUT2D eigenvalue weighted by Gasteiger charge is -2.11. The molecule has 60 valence electrons. The van der Waals surface area contributed by atoms with E-state index in [0.717, 1.165) is 5.56 Å². The molecule has 0 aliphatic carbocycles. The van der Waals surface area contributed by atoms with Gasteiger partial charge in [0.25, 0.3) is 5.91 Å². The van der Waals surface area contributed by atoms with Crippen molar-refractivity contribution in [1.82, 2.24) is 0 Å². The lowest BCUT2D eigenvalue weighted by atomic mass is 10.1. The number of halogens is 1. The van der Waals surface area contributed by atoms with Crippen molar-refractivity contribution in [2.24, 2.45) is 10.2 Å². The summed E-state index contributed by atoms with van der Waals surface area (Å²) in [6, 6.07) is 7.08. The number of nitrogens with zero attached hydrogens (tertiary/aromatic N) is 2. The highest BCUT2D eigenvalue weighted by atomic mass is 35.5. The Hall–Kier alpha value is -1.22. The van der Waals surface area contributed by atoms with Gasteiger partial charge in [0.2, 0.25) is 0 Å². The lowest BCUT2D eigenvalue weighted by Crippen LogP contribution is -2.05. The van der Waals surface area contributed by atoms with E-state index in [0.29, 0.717) is 5.56 Å². The van der Waals surface area contributed by atoms with E-state index in [1.807, 2.05) is 6.07 Å². The monoisotopic (exact) mass is 180 g/mol. The number of fused-ring (bicyclic) bond motifs is 1. The van der Waals surface area contributed by atoms with Gasteiger partial charge in [-0.2, -0.15) is 5.11 Å². The van der Waals surface area contributed by atoms with Crippen LogP contribution in [0.5, 0.6) is 0 Å². The number of carbonyl (C=O) groups excluding carboxylic acids is 1. The third kappa shape index (κ3) is 1.02. The largest absolute Gasteiger partial charge is 0.295 e. The first-order valence-electron chi connectivity index (χ1n) is 3.47. The summed E-state index contributed by atoms with van der Waals surface area (Å²) in [5.74, 6) is -0.317. The smallest absolute Gasteiger partial charge is 0.265 e. The van der Waals surface area contributed by atoms with Crippen LogP contribution >= 0.6 is 11.6 Å². The van der Waals surface area contributed by atoms with Gasteiger partial charge < -0.3 is 0 Å². The number of carbonyl (C=O) groups is 1. The number of alkyl halides is 1. The summed E-state index contributed by atoms with van der Waals surface area (Å²) in [5, 5.41) is 7.00. The topological polar surface area (TPSA) is 41.8 Å². The average molecular weight is 181 g/mol. The second-order valence-corrected chi connectivity index (χ2v) is 2.86. The molecule has 1 aliphatic rings. The third-order valence-electron chi connectivity index (χ3n) is 1.70. The van der Waals surface area contributed by atoms with E-state index >= 15 is 0 Å². The summed E-state index contributed by atoms with van der Waals surface area (Å²) in [6.07, 6.45) is 0. The van der Waals surface area contributed by atoms with Gasteiger partial charge in [-0.05, 0) is 6.07 Å². The van der Waals surface area contributed by atoms with Crippen molar-refractivity contribution in [3.8, 4) is 0 Å². The second-order valence-electron chi connectivity index (χ2n) is 2.44. The molecule has 12 heavy (non-hydrogen) atoms. The van der Waals surface area contributed by atoms with Crippen LogP contribution in [0.1, 0.15) is 21.4 Å². The SMILES string of the molecule is O=C1N=NC(Cl)c2ccccc21. The zero-order valence-corrected chi connectivity index (χ0v) is 6.82. The number of benzene rings is 1. The van der Waals surface area contributed by atoms with Gasteiger partial charge in [-0.25, -0.2) is 0 Å². The van der Waals surface area contributed by atoms with Gasteiger partial charge in [0.1, 0.15) is 0 Å². The zero-order chi connectivity index (χ0) is 8.55. The summed E-state index contributed by atoms with van der Waals surface area (Å²) < 4.78 is 0. The highest BCUT2D eigenvalue weighted by Gasteiger charge is 2.20. The first kappa shape index (κ1) is 7.43. The lowest BCUT2D eigenvalue weighted by molar-refractivity contribution is 0.0987. The van der Waals surface area contributed by atoms with Gasteiger partial charge in [0.15, 0.2) is 5.50 Å². The van der Waals surface area contributed by atoms with Crippen LogP contribution in [-0.2, 0) is 0 Å². The molecule has 1 aromatic carbocycles. The van der Waals surface area contributed by atoms with Crippen molar-refractivity contribution in [3.63, 3.8) is 0 Å². The van der Waals surface area contributed by atoms with Gasteiger partial charge in [-0.3, -0.25) is 4.79 Å². The molecule has 2 rings (SSSR count). The first-order chi connectivity index (χ1) is 5.79. The fourth-order valence-electron chi connectivity index (χ4n) is 1.12. The Labute approximate surface area is 74.1 Å². The van der Waals surface area contributed by atoms with Crippen LogP contribution in [0.2, 0.25) is 0 Å². The molecule has 4 heteroatoms. The molecule has 0 spiro atoms. The fraction of sp³-hybridized carbons (Fsp3) is 0.125.